The van der Waals surface area contributed by atoms with Crippen LogP contribution in [0.3, 0.4) is 0 Å². The van der Waals surface area contributed by atoms with E-state index >= 15 is 0 Å². The minimum atomic E-state index is -2.13. The molecule has 1 aliphatic rings. The lowest BCUT2D eigenvalue weighted by molar-refractivity contribution is -0.132. The van der Waals surface area contributed by atoms with E-state index in [1.807, 2.05) is 30.3 Å². The highest BCUT2D eigenvalue weighted by atomic mass is 28.4. The van der Waals surface area contributed by atoms with Gasteiger partial charge in [-0.3, -0.25) is 0 Å². The summed E-state index contributed by atoms with van der Waals surface area (Å²) in [6.45, 7) is 16.4. The first-order valence-electron chi connectivity index (χ1n) is 13.8. The van der Waals surface area contributed by atoms with Crippen molar-refractivity contribution in [1.29, 1.82) is 0 Å². The van der Waals surface area contributed by atoms with Gasteiger partial charge in [0.2, 0.25) is 8.32 Å². The Bertz CT molecular complexity index is 1220. The molecule has 206 valence electrons. The SMILES string of the molecule is COc1ccc(OC)c2c(OCc3ccccc3)c3c(cc12)C[C@H](O[Si](C(C)C)(C(C)C)C(C)C)O[C@H]3C. The second-order valence-electron chi connectivity index (χ2n) is 11.3. The Morgan fingerprint density at radius 3 is 2.05 bits per heavy atom. The van der Waals surface area contributed by atoms with Crippen LogP contribution in [0.4, 0.5) is 0 Å². The second-order valence-corrected chi connectivity index (χ2v) is 16.7. The fourth-order valence-electron chi connectivity index (χ4n) is 6.56. The van der Waals surface area contributed by atoms with Gasteiger partial charge in [0.1, 0.15) is 23.9 Å². The van der Waals surface area contributed by atoms with Gasteiger partial charge in [0.05, 0.1) is 25.7 Å². The van der Waals surface area contributed by atoms with Gasteiger partial charge in [-0.05, 0) is 52.9 Å². The molecule has 0 N–H and O–H groups in total. The van der Waals surface area contributed by atoms with Crippen molar-refractivity contribution in [3.8, 4) is 17.2 Å². The van der Waals surface area contributed by atoms with Gasteiger partial charge in [0, 0.05) is 17.4 Å². The van der Waals surface area contributed by atoms with Crippen LogP contribution in [0.2, 0.25) is 16.6 Å². The molecule has 0 radical (unpaired) electrons. The summed E-state index contributed by atoms with van der Waals surface area (Å²) >= 11 is 0. The zero-order valence-electron chi connectivity index (χ0n) is 24.5. The number of fused-ring (bicyclic) bond motifs is 2. The quantitative estimate of drug-likeness (QED) is 0.243. The lowest BCUT2D eigenvalue weighted by atomic mass is 9.91. The maximum Gasteiger partial charge on any atom is 0.203 e. The van der Waals surface area contributed by atoms with E-state index in [1.165, 1.54) is 5.56 Å². The van der Waals surface area contributed by atoms with Crippen LogP contribution in [0.1, 0.15) is 71.3 Å². The van der Waals surface area contributed by atoms with Crippen LogP contribution in [-0.2, 0) is 22.2 Å². The standard InChI is InChI=1S/C32H44O5Si/c1-20(2)38(21(3)4,22(5)6)37-29-18-25-17-26-27(33-8)15-16-28(34-9)31(26)32(30(25)23(7)36-29)35-19-24-13-11-10-12-14-24/h10-17,20-23,29H,18-19H2,1-9H3/t23-,29-/m0/s1. The van der Waals surface area contributed by atoms with Crippen LogP contribution in [-0.4, -0.2) is 28.8 Å². The third-order valence-electron chi connectivity index (χ3n) is 8.16. The molecule has 0 fully saturated rings. The Labute approximate surface area is 229 Å². The van der Waals surface area contributed by atoms with Crippen LogP contribution in [0.25, 0.3) is 10.8 Å². The highest BCUT2D eigenvalue weighted by Gasteiger charge is 2.48. The number of methoxy groups -OCH3 is 2. The van der Waals surface area contributed by atoms with Crippen LogP contribution >= 0.6 is 0 Å². The van der Waals surface area contributed by atoms with Crippen molar-refractivity contribution >= 4 is 19.1 Å². The lowest BCUT2D eigenvalue weighted by Gasteiger charge is -2.46. The zero-order valence-corrected chi connectivity index (χ0v) is 25.5. The van der Waals surface area contributed by atoms with E-state index in [0.717, 1.165) is 39.1 Å². The Balaban J connectivity index is 1.84. The molecule has 0 aromatic heterocycles. The monoisotopic (exact) mass is 536 g/mol. The molecule has 2 atom stereocenters. The summed E-state index contributed by atoms with van der Waals surface area (Å²) in [4.78, 5) is 0. The second kappa shape index (κ2) is 11.7. The molecule has 1 heterocycles. The molecule has 3 aromatic rings. The molecular weight excluding hydrogens is 492 g/mol. The van der Waals surface area contributed by atoms with Gasteiger partial charge in [0.15, 0.2) is 6.29 Å². The number of benzene rings is 3. The maximum atomic E-state index is 7.09. The number of hydrogen-bond donors (Lipinski definition) is 0. The molecular formula is C32H44O5Si. The smallest absolute Gasteiger partial charge is 0.203 e. The lowest BCUT2D eigenvalue weighted by Crippen LogP contribution is -2.51. The van der Waals surface area contributed by atoms with Crippen LogP contribution in [0.5, 0.6) is 17.2 Å². The topological polar surface area (TPSA) is 46.2 Å². The molecule has 0 aliphatic carbocycles. The van der Waals surface area contributed by atoms with Gasteiger partial charge in [-0.15, -0.1) is 0 Å². The van der Waals surface area contributed by atoms with Crippen LogP contribution in [0, 0.1) is 0 Å². The molecule has 0 amide bonds. The molecule has 0 saturated heterocycles. The highest BCUT2D eigenvalue weighted by molar-refractivity contribution is 6.77. The summed E-state index contributed by atoms with van der Waals surface area (Å²) in [7, 11) is 1.27. The van der Waals surface area contributed by atoms with Crippen molar-refractivity contribution in [1.82, 2.24) is 0 Å². The maximum absolute atomic E-state index is 7.09. The molecule has 3 aromatic carbocycles. The fourth-order valence-corrected chi connectivity index (χ4v) is 12.0. The molecule has 0 spiro atoms. The van der Waals surface area contributed by atoms with E-state index in [1.54, 1.807) is 14.2 Å². The van der Waals surface area contributed by atoms with E-state index in [2.05, 4.69) is 66.7 Å². The van der Waals surface area contributed by atoms with Crippen molar-refractivity contribution in [2.24, 2.45) is 0 Å². The van der Waals surface area contributed by atoms with Gasteiger partial charge in [0.25, 0.3) is 0 Å². The summed E-state index contributed by atoms with van der Waals surface area (Å²) in [6.07, 6.45) is 0.166. The average Bonchev–Trinajstić information content (AvgIpc) is 2.89. The molecule has 0 unspecified atom stereocenters. The number of ether oxygens (including phenoxy) is 4. The highest BCUT2D eigenvalue weighted by Crippen LogP contribution is 2.50. The average molecular weight is 537 g/mol. The van der Waals surface area contributed by atoms with Gasteiger partial charge in [-0.1, -0.05) is 71.9 Å². The Hall–Kier alpha value is -2.54. The van der Waals surface area contributed by atoms with Crippen LogP contribution < -0.4 is 14.2 Å². The van der Waals surface area contributed by atoms with Gasteiger partial charge >= 0.3 is 0 Å². The summed E-state index contributed by atoms with van der Waals surface area (Å²) in [5, 5.41) is 1.88. The van der Waals surface area contributed by atoms with E-state index in [0.29, 0.717) is 29.7 Å². The van der Waals surface area contributed by atoms with Crippen LogP contribution in [0.15, 0.2) is 48.5 Å². The van der Waals surface area contributed by atoms with Crippen molar-refractivity contribution in [3.63, 3.8) is 0 Å². The van der Waals surface area contributed by atoms with E-state index in [-0.39, 0.29) is 12.4 Å². The fraction of sp³-hybridized carbons (Fsp3) is 0.500. The summed E-state index contributed by atoms with van der Waals surface area (Å²) in [6, 6.07) is 16.4. The van der Waals surface area contributed by atoms with Crippen molar-refractivity contribution < 1.29 is 23.4 Å². The van der Waals surface area contributed by atoms with Crippen molar-refractivity contribution in [2.75, 3.05) is 14.2 Å². The largest absolute Gasteiger partial charge is 0.496 e. The third kappa shape index (κ3) is 5.18. The summed E-state index contributed by atoms with van der Waals surface area (Å²) < 4.78 is 32.0. The van der Waals surface area contributed by atoms with Gasteiger partial charge < -0.3 is 23.4 Å². The summed E-state index contributed by atoms with van der Waals surface area (Å²) in [5.41, 5.74) is 4.78. The minimum absolute atomic E-state index is 0.201. The first kappa shape index (κ1) is 28.5. The van der Waals surface area contributed by atoms with Gasteiger partial charge in [-0.2, -0.15) is 0 Å². The van der Waals surface area contributed by atoms with Crippen molar-refractivity contribution in [2.45, 2.75) is 90.5 Å². The number of rotatable bonds is 10. The van der Waals surface area contributed by atoms with Gasteiger partial charge in [-0.25, -0.2) is 0 Å². The molecule has 6 heteroatoms. The van der Waals surface area contributed by atoms with E-state index in [9.17, 15) is 0 Å². The predicted molar refractivity (Wildman–Crippen MR) is 157 cm³/mol. The Morgan fingerprint density at radius 2 is 1.47 bits per heavy atom. The molecule has 0 saturated carbocycles. The third-order valence-corrected chi connectivity index (χ3v) is 14.2. The molecule has 38 heavy (non-hydrogen) atoms. The Morgan fingerprint density at radius 1 is 0.868 bits per heavy atom. The minimum Gasteiger partial charge on any atom is -0.496 e. The summed E-state index contributed by atoms with van der Waals surface area (Å²) in [5.74, 6) is 2.34. The zero-order chi connectivity index (χ0) is 27.6. The predicted octanol–water partition coefficient (Wildman–Crippen LogP) is 8.59. The van der Waals surface area contributed by atoms with Crippen molar-refractivity contribution in [3.05, 3.63) is 65.2 Å². The molecule has 4 rings (SSSR count). The normalized spacial score (nSPS) is 17.8. The first-order valence-corrected chi connectivity index (χ1v) is 16.0. The van der Waals surface area contributed by atoms with E-state index < -0.39 is 8.32 Å². The molecule has 1 aliphatic heterocycles. The number of hydrogen-bond acceptors (Lipinski definition) is 5. The van der Waals surface area contributed by atoms with E-state index in [4.69, 9.17) is 23.4 Å². The molecule has 5 nitrogen and oxygen atoms in total. The Kier molecular flexibility index (Phi) is 8.75. The molecule has 0 bridgehead atoms. The first-order chi connectivity index (χ1) is 18.1.